The van der Waals surface area contributed by atoms with Gasteiger partial charge in [0.05, 0.1) is 18.2 Å². The maximum Gasteiger partial charge on any atom is 0.252 e. The van der Waals surface area contributed by atoms with Gasteiger partial charge in [0.15, 0.2) is 0 Å². The predicted molar refractivity (Wildman–Crippen MR) is 123 cm³/mol. The number of nitrogens with zero attached hydrogens (tertiary/aromatic N) is 3. The minimum Gasteiger partial charge on any atom is -0.389 e. The van der Waals surface area contributed by atoms with Crippen LogP contribution in [0.2, 0.25) is 0 Å². The van der Waals surface area contributed by atoms with Crippen molar-refractivity contribution >= 4 is 16.8 Å². The molecule has 1 aliphatic heterocycles. The Morgan fingerprint density at radius 1 is 1.12 bits per heavy atom. The minimum absolute atomic E-state index is 0.178. The summed E-state index contributed by atoms with van der Waals surface area (Å²) in [6.45, 7) is 2.80. The van der Waals surface area contributed by atoms with E-state index in [1.165, 1.54) is 0 Å². The molecule has 0 spiro atoms. The highest BCUT2D eigenvalue weighted by atomic mass is 16.3. The molecule has 4 aromatic rings. The first-order valence-electron chi connectivity index (χ1n) is 11.0. The lowest BCUT2D eigenvalue weighted by Crippen LogP contribution is -2.62. The van der Waals surface area contributed by atoms with E-state index in [-0.39, 0.29) is 5.91 Å². The van der Waals surface area contributed by atoms with Crippen LogP contribution in [-0.2, 0) is 12.1 Å². The van der Waals surface area contributed by atoms with Crippen molar-refractivity contribution in [2.45, 2.75) is 24.6 Å². The number of amides is 1. The van der Waals surface area contributed by atoms with Gasteiger partial charge < -0.3 is 15.4 Å². The summed E-state index contributed by atoms with van der Waals surface area (Å²) in [4.78, 5) is 18.8. The van der Waals surface area contributed by atoms with Gasteiger partial charge >= 0.3 is 0 Å². The van der Waals surface area contributed by atoms with Crippen LogP contribution in [0.15, 0.2) is 79.3 Å². The van der Waals surface area contributed by atoms with E-state index in [1.807, 2.05) is 77.7 Å². The third kappa shape index (κ3) is 3.81. The third-order valence-electron chi connectivity index (χ3n) is 6.49. The van der Waals surface area contributed by atoms with Crippen molar-refractivity contribution in [3.8, 4) is 0 Å². The zero-order valence-corrected chi connectivity index (χ0v) is 17.8. The molecule has 2 atom stereocenters. The summed E-state index contributed by atoms with van der Waals surface area (Å²) in [5.74, 6) is -0.178. The number of aliphatic hydroxyl groups is 1. The number of hydrogen-bond donors (Lipinski definition) is 3. The van der Waals surface area contributed by atoms with Gasteiger partial charge in [-0.05, 0) is 36.2 Å². The Balaban J connectivity index is 1.40. The van der Waals surface area contributed by atoms with Crippen molar-refractivity contribution in [2.75, 3.05) is 19.6 Å². The number of nitrogens with one attached hydrogen (secondary N) is 2. The van der Waals surface area contributed by atoms with Crippen LogP contribution in [0.3, 0.4) is 0 Å². The minimum atomic E-state index is -0.848. The zero-order valence-electron chi connectivity index (χ0n) is 17.8. The van der Waals surface area contributed by atoms with Gasteiger partial charge in [-0.1, -0.05) is 36.4 Å². The van der Waals surface area contributed by atoms with E-state index >= 15 is 0 Å². The van der Waals surface area contributed by atoms with Gasteiger partial charge in [-0.3, -0.25) is 14.4 Å². The first kappa shape index (κ1) is 20.5. The molecule has 5 rings (SSSR count). The number of rotatable bonds is 6. The Morgan fingerprint density at radius 3 is 2.78 bits per heavy atom. The topological polar surface area (TPSA) is 86.2 Å². The SMILES string of the molecule is O=C(N[C@@]1(c2ccccc2)CCN(CCn2cccn2)C[C@H]1O)c1cccc2[nH]ccc12. The summed E-state index contributed by atoms with van der Waals surface area (Å²) < 4.78 is 1.89. The molecule has 1 fully saturated rings. The summed E-state index contributed by atoms with van der Waals surface area (Å²) in [5, 5.41) is 19.8. The molecular weight excluding hydrogens is 402 g/mol. The van der Waals surface area contributed by atoms with E-state index in [1.54, 1.807) is 6.20 Å². The zero-order chi connectivity index (χ0) is 22.0. The number of piperidine rings is 1. The van der Waals surface area contributed by atoms with Gasteiger partial charge in [-0.15, -0.1) is 0 Å². The lowest BCUT2D eigenvalue weighted by molar-refractivity contribution is -0.0165. The quantitative estimate of drug-likeness (QED) is 0.440. The van der Waals surface area contributed by atoms with Crippen LogP contribution in [0.25, 0.3) is 10.9 Å². The van der Waals surface area contributed by atoms with Gasteiger partial charge in [0.1, 0.15) is 0 Å². The second-order valence-electron chi connectivity index (χ2n) is 8.37. The molecule has 1 aliphatic rings. The second kappa shape index (κ2) is 8.61. The molecule has 0 bridgehead atoms. The normalized spacial score (nSPS) is 21.6. The average molecular weight is 430 g/mol. The van der Waals surface area contributed by atoms with Gasteiger partial charge in [0.2, 0.25) is 0 Å². The summed E-state index contributed by atoms with van der Waals surface area (Å²) in [6, 6.07) is 19.3. The average Bonchev–Trinajstić information content (AvgIpc) is 3.51. The first-order valence-corrected chi connectivity index (χ1v) is 11.0. The van der Waals surface area contributed by atoms with Crippen LogP contribution in [-0.4, -0.2) is 56.4 Å². The van der Waals surface area contributed by atoms with Crippen LogP contribution < -0.4 is 5.32 Å². The van der Waals surface area contributed by atoms with E-state index in [0.717, 1.165) is 36.1 Å². The molecule has 3 heterocycles. The smallest absolute Gasteiger partial charge is 0.252 e. The highest BCUT2D eigenvalue weighted by Crippen LogP contribution is 2.34. The fourth-order valence-electron chi connectivity index (χ4n) is 4.72. The lowest BCUT2D eigenvalue weighted by atomic mass is 9.78. The number of benzene rings is 2. The number of H-pyrrole nitrogens is 1. The largest absolute Gasteiger partial charge is 0.389 e. The Hall–Kier alpha value is -3.42. The van der Waals surface area contributed by atoms with Crippen molar-refractivity contribution in [1.29, 1.82) is 0 Å². The third-order valence-corrected chi connectivity index (χ3v) is 6.49. The van der Waals surface area contributed by atoms with Crippen molar-refractivity contribution in [3.05, 3.63) is 90.4 Å². The summed E-state index contributed by atoms with van der Waals surface area (Å²) >= 11 is 0. The standard InChI is InChI=1S/C25H27N5O2/c31-23-18-29(16-17-30-14-5-12-27-30)15-11-25(23,19-6-2-1-3-7-19)28-24(32)21-8-4-9-22-20(21)10-13-26-22/h1-10,12-14,23,26,31H,11,15-18H2,(H,28,32)/t23-,25-/m1/s1. The summed E-state index contributed by atoms with van der Waals surface area (Å²) in [7, 11) is 0. The number of likely N-dealkylation sites (tertiary alicyclic amines) is 1. The van der Waals surface area contributed by atoms with Crippen LogP contribution >= 0.6 is 0 Å². The molecule has 0 saturated carbocycles. The maximum absolute atomic E-state index is 13.5. The molecule has 1 saturated heterocycles. The van der Waals surface area contributed by atoms with E-state index in [4.69, 9.17) is 0 Å². The fourth-order valence-corrected chi connectivity index (χ4v) is 4.72. The molecule has 0 aliphatic carbocycles. The number of hydrogen-bond acceptors (Lipinski definition) is 4. The van der Waals surface area contributed by atoms with Gasteiger partial charge in [0.25, 0.3) is 5.91 Å². The first-order chi connectivity index (χ1) is 15.7. The van der Waals surface area contributed by atoms with E-state index in [9.17, 15) is 9.90 Å². The highest BCUT2D eigenvalue weighted by Gasteiger charge is 2.45. The number of carbonyl (C=O) groups is 1. The van der Waals surface area contributed by atoms with Crippen LogP contribution in [0.5, 0.6) is 0 Å². The number of aromatic amines is 1. The fraction of sp³-hybridized carbons (Fsp3) is 0.280. The number of β-amino-alcohol motifs (C(OH)–C–C–N with tert-alkyl or cyclic N) is 1. The number of carbonyl (C=O) groups excluding carboxylic acids is 1. The monoisotopic (exact) mass is 429 g/mol. The number of aliphatic hydroxyl groups excluding tert-OH is 1. The maximum atomic E-state index is 13.5. The van der Waals surface area contributed by atoms with Gasteiger partial charge in [0, 0.05) is 54.7 Å². The van der Waals surface area contributed by atoms with Crippen molar-refractivity contribution in [2.24, 2.45) is 0 Å². The van der Waals surface area contributed by atoms with E-state index in [0.29, 0.717) is 18.5 Å². The Labute approximate surface area is 186 Å². The molecule has 2 aromatic carbocycles. The Morgan fingerprint density at radius 2 is 2.00 bits per heavy atom. The molecule has 7 heteroatoms. The van der Waals surface area contributed by atoms with Gasteiger partial charge in [-0.25, -0.2) is 0 Å². The predicted octanol–water partition coefficient (Wildman–Crippen LogP) is 2.76. The summed E-state index contributed by atoms with van der Waals surface area (Å²) in [6.07, 6.45) is 5.42. The van der Waals surface area contributed by atoms with Crippen LogP contribution in [0, 0.1) is 0 Å². The molecule has 1 amide bonds. The molecule has 0 radical (unpaired) electrons. The molecule has 7 nitrogen and oxygen atoms in total. The number of aromatic nitrogens is 3. The Kier molecular flexibility index (Phi) is 5.51. The molecule has 0 unspecified atom stereocenters. The molecular formula is C25H27N5O2. The molecule has 2 aromatic heterocycles. The summed E-state index contributed by atoms with van der Waals surface area (Å²) in [5.41, 5.74) is 1.60. The van der Waals surface area contributed by atoms with Crippen molar-refractivity contribution in [1.82, 2.24) is 25.0 Å². The van der Waals surface area contributed by atoms with Gasteiger partial charge in [-0.2, -0.15) is 5.10 Å². The lowest BCUT2D eigenvalue weighted by Gasteiger charge is -2.46. The second-order valence-corrected chi connectivity index (χ2v) is 8.37. The van der Waals surface area contributed by atoms with Crippen LogP contribution in [0.4, 0.5) is 0 Å². The Bertz CT molecular complexity index is 1190. The number of fused-ring (bicyclic) bond motifs is 1. The van der Waals surface area contributed by atoms with E-state index < -0.39 is 11.6 Å². The molecule has 164 valence electrons. The van der Waals surface area contributed by atoms with Crippen LogP contribution in [0.1, 0.15) is 22.3 Å². The van der Waals surface area contributed by atoms with E-state index in [2.05, 4.69) is 20.3 Å². The highest BCUT2D eigenvalue weighted by molar-refractivity contribution is 6.06. The molecule has 3 N–H and O–H groups in total. The molecule has 32 heavy (non-hydrogen) atoms. The van der Waals surface area contributed by atoms with Crippen molar-refractivity contribution in [3.63, 3.8) is 0 Å². The van der Waals surface area contributed by atoms with Crippen molar-refractivity contribution < 1.29 is 9.90 Å².